The zero-order valence-corrected chi connectivity index (χ0v) is 11.3. The van der Waals surface area contributed by atoms with Gasteiger partial charge < -0.3 is 14.8 Å². The molecule has 5 heteroatoms. The number of hydrogen-bond donors (Lipinski definition) is 1. The second kappa shape index (κ2) is 11.2. The van der Waals surface area contributed by atoms with Gasteiger partial charge in [-0.1, -0.05) is 6.92 Å². The molecular weight excluding hydrogens is 226 g/mol. The summed E-state index contributed by atoms with van der Waals surface area (Å²) in [4.78, 5) is 11.6. The molecule has 0 saturated carbocycles. The third-order valence-electron chi connectivity index (χ3n) is 1.93. The molecule has 0 aromatic rings. The van der Waals surface area contributed by atoms with E-state index < -0.39 is 0 Å². The highest BCUT2D eigenvalue weighted by atomic mass is 32.2. The molecule has 1 atom stereocenters. The van der Waals surface area contributed by atoms with Crippen molar-refractivity contribution in [3.63, 3.8) is 0 Å². The van der Waals surface area contributed by atoms with Crippen LogP contribution in [0.1, 0.15) is 20.3 Å². The lowest BCUT2D eigenvalue weighted by Gasteiger charge is -2.16. The summed E-state index contributed by atoms with van der Waals surface area (Å²) in [6.45, 7) is 5.90. The monoisotopic (exact) mass is 249 g/mol. The highest BCUT2D eigenvalue weighted by Crippen LogP contribution is 2.04. The Morgan fingerprint density at radius 2 is 2.19 bits per heavy atom. The quantitative estimate of drug-likeness (QED) is 0.467. The van der Waals surface area contributed by atoms with E-state index in [1.54, 1.807) is 18.9 Å². The topological polar surface area (TPSA) is 47.6 Å². The summed E-state index contributed by atoms with van der Waals surface area (Å²) in [5, 5.41) is 3.19. The molecule has 0 bridgehead atoms. The number of nitrogens with one attached hydrogen (secondary N) is 1. The maximum atomic E-state index is 11.6. The van der Waals surface area contributed by atoms with Crippen LogP contribution in [0.4, 0.5) is 0 Å². The number of rotatable bonds is 10. The molecule has 0 fully saturated rings. The molecule has 0 aromatic heterocycles. The van der Waals surface area contributed by atoms with Gasteiger partial charge in [0.15, 0.2) is 0 Å². The van der Waals surface area contributed by atoms with E-state index in [2.05, 4.69) is 12.2 Å². The van der Waals surface area contributed by atoms with Crippen LogP contribution in [-0.2, 0) is 14.3 Å². The van der Waals surface area contributed by atoms with Crippen LogP contribution in [0.25, 0.3) is 0 Å². The Bertz CT molecular complexity index is 179. The van der Waals surface area contributed by atoms with Crippen molar-refractivity contribution in [1.82, 2.24) is 5.32 Å². The minimum atomic E-state index is -0.193. The van der Waals surface area contributed by atoms with E-state index in [1.165, 1.54) is 0 Å². The molecule has 0 heterocycles. The van der Waals surface area contributed by atoms with E-state index >= 15 is 0 Å². The molecule has 0 aromatic carbocycles. The molecule has 0 aliphatic heterocycles. The van der Waals surface area contributed by atoms with Crippen molar-refractivity contribution < 1.29 is 14.3 Å². The molecule has 0 aliphatic carbocycles. The molecule has 1 N–H and O–H groups in total. The van der Waals surface area contributed by atoms with Gasteiger partial charge >= 0.3 is 5.97 Å². The Balaban J connectivity index is 3.84. The van der Waals surface area contributed by atoms with E-state index in [9.17, 15) is 4.79 Å². The highest BCUT2D eigenvalue weighted by molar-refractivity contribution is 7.99. The van der Waals surface area contributed by atoms with Crippen LogP contribution in [-0.4, -0.2) is 50.4 Å². The van der Waals surface area contributed by atoms with Crippen LogP contribution >= 0.6 is 11.8 Å². The normalized spacial score (nSPS) is 12.4. The largest absolute Gasteiger partial charge is 0.465 e. The maximum absolute atomic E-state index is 11.6. The fraction of sp³-hybridized carbons (Fsp3) is 0.909. The first-order valence-electron chi connectivity index (χ1n) is 5.72. The first-order valence-corrected chi connectivity index (χ1v) is 6.88. The van der Waals surface area contributed by atoms with Crippen molar-refractivity contribution in [1.29, 1.82) is 0 Å². The van der Waals surface area contributed by atoms with E-state index in [-0.39, 0.29) is 12.0 Å². The fourth-order valence-corrected chi connectivity index (χ4v) is 2.06. The predicted octanol–water partition coefficient (Wildman–Crippen LogP) is 1.30. The van der Waals surface area contributed by atoms with Crippen LogP contribution in [0.15, 0.2) is 0 Å². The first kappa shape index (κ1) is 15.7. The number of thioether (sulfide) groups is 1. The van der Waals surface area contributed by atoms with Crippen molar-refractivity contribution >= 4 is 17.7 Å². The predicted molar refractivity (Wildman–Crippen MR) is 67.9 cm³/mol. The zero-order valence-electron chi connectivity index (χ0n) is 10.5. The summed E-state index contributed by atoms with van der Waals surface area (Å²) >= 11 is 1.70. The smallest absolute Gasteiger partial charge is 0.323 e. The van der Waals surface area contributed by atoms with Crippen LogP contribution in [0, 0.1) is 0 Å². The van der Waals surface area contributed by atoms with Gasteiger partial charge in [-0.05, 0) is 19.9 Å². The third-order valence-corrected chi connectivity index (χ3v) is 2.95. The molecule has 0 radical (unpaired) electrons. The van der Waals surface area contributed by atoms with Crippen molar-refractivity contribution in [3.05, 3.63) is 0 Å². The Kier molecular flexibility index (Phi) is 11.0. The minimum absolute atomic E-state index is 0.152. The van der Waals surface area contributed by atoms with Gasteiger partial charge in [0.25, 0.3) is 0 Å². The number of carbonyl (C=O) groups is 1. The van der Waals surface area contributed by atoms with Gasteiger partial charge in [0.05, 0.1) is 13.2 Å². The number of esters is 1. The number of ether oxygens (including phenoxy) is 2. The average Bonchev–Trinajstić information content (AvgIpc) is 2.28. The van der Waals surface area contributed by atoms with E-state index in [0.717, 1.165) is 24.5 Å². The van der Waals surface area contributed by atoms with Crippen molar-refractivity contribution in [2.45, 2.75) is 26.3 Å². The summed E-state index contributed by atoms with van der Waals surface area (Å²) in [5.74, 6) is 1.49. The van der Waals surface area contributed by atoms with Gasteiger partial charge in [-0.15, -0.1) is 0 Å². The Labute approximate surface area is 102 Å². The molecule has 16 heavy (non-hydrogen) atoms. The SMILES string of the molecule is CCCNC(CSCCOC)C(=O)OCC. The Morgan fingerprint density at radius 3 is 2.75 bits per heavy atom. The van der Waals surface area contributed by atoms with Gasteiger partial charge in [-0.2, -0.15) is 11.8 Å². The molecule has 4 nitrogen and oxygen atoms in total. The summed E-state index contributed by atoms with van der Waals surface area (Å²) in [6, 6.07) is -0.193. The summed E-state index contributed by atoms with van der Waals surface area (Å²) in [6.07, 6.45) is 1.01. The summed E-state index contributed by atoms with van der Waals surface area (Å²) < 4.78 is 9.97. The molecular formula is C11H23NO3S. The molecule has 0 amide bonds. The average molecular weight is 249 g/mol. The number of hydrogen-bond acceptors (Lipinski definition) is 5. The molecule has 0 aliphatic rings. The van der Waals surface area contributed by atoms with Crippen molar-refractivity contribution in [2.24, 2.45) is 0 Å². The first-order chi connectivity index (χ1) is 7.76. The molecule has 0 spiro atoms. The van der Waals surface area contributed by atoms with Crippen LogP contribution in [0.2, 0.25) is 0 Å². The highest BCUT2D eigenvalue weighted by Gasteiger charge is 2.18. The molecule has 0 rings (SSSR count). The van der Waals surface area contributed by atoms with E-state index in [1.807, 2.05) is 6.92 Å². The number of methoxy groups -OCH3 is 1. The van der Waals surface area contributed by atoms with Crippen LogP contribution < -0.4 is 5.32 Å². The molecule has 1 unspecified atom stereocenters. The van der Waals surface area contributed by atoms with E-state index in [0.29, 0.717) is 13.2 Å². The van der Waals surface area contributed by atoms with Gasteiger partial charge in [0.1, 0.15) is 6.04 Å². The second-order valence-corrected chi connectivity index (χ2v) is 4.48. The number of carbonyl (C=O) groups excluding carboxylic acids is 1. The lowest BCUT2D eigenvalue weighted by atomic mass is 10.3. The van der Waals surface area contributed by atoms with Gasteiger partial charge in [-0.25, -0.2) is 0 Å². The molecule has 96 valence electrons. The second-order valence-electron chi connectivity index (χ2n) is 3.33. The van der Waals surface area contributed by atoms with Gasteiger partial charge in [-0.3, -0.25) is 4.79 Å². The maximum Gasteiger partial charge on any atom is 0.323 e. The zero-order chi connectivity index (χ0) is 12.2. The summed E-state index contributed by atoms with van der Waals surface area (Å²) in [7, 11) is 1.68. The third kappa shape index (κ3) is 7.96. The van der Waals surface area contributed by atoms with Crippen LogP contribution in [0.5, 0.6) is 0 Å². The lowest BCUT2D eigenvalue weighted by Crippen LogP contribution is -2.40. The van der Waals surface area contributed by atoms with Crippen molar-refractivity contribution in [2.75, 3.05) is 38.4 Å². The Morgan fingerprint density at radius 1 is 1.44 bits per heavy atom. The fourth-order valence-electron chi connectivity index (χ4n) is 1.12. The lowest BCUT2D eigenvalue weighted by molar-refractivity contribution is -0.144. The van der Waals surface area contributed by atoms with Gasteiger partial charge in [0.2, 0.25) is 0 Å². The standard InChI is InChI=1S/C11H23NO3S/c1-4-6-12-10(11(13)15-5-2)9-16-8-7-14-3/h10,12H,4-9H2,1-3H3. The van der Waals surface area contributed by atoms with Crippen LogP contribution in [0.3, 0.4) is 0 Å². The van der Waals surface area contributed by atoms with Crippen molar-refractivity contribution in [3.8, 4) is 0 Å². The van der Waals surface area contributed by atoms with Gasteiger partial charge in [0, 0.05) is 18.6 Å². The summed E-state index contributed by atoms with van der Waals surface area (Å²) in [5.41, 5.74) is 0. The molecule has 0 saturated heterocycles. The minimum Gasteiger partial charge on any atom is -0.465 e. The Hall–Kier alpha value is -0.260. The van der Waals surface area contributed by atoms with E-state index in [4.69, 9.17) is 9.47 Å².